The third kappa shape index (κ3) is 5.53. The Morgan fingerprint density at radius 3 is 2.56 bits per heavy atom. The molecular formula is C23H23F3N4O2. The molecule has 0 unspecified atom stereocenters. The normalized spacial score (nSPS) is 20.2. The second-order valence-electron chi connectivity index (χ2n) is 7.84. The summed E-state index contributed by atoms with van der Waals surface area (Å²) in [5, 5.41) is 11.2. The van der Waals surface area contributed by atoms with Crippen LogP contribution in [-0.2, 0) is 35.3 Å². The number of benzene rings is 2. The van der Waals surface area contributed by atoms with Crippen LogP contribution in [0.5, 0.6) is 0 Å². The van der Waals surface area contributed by atoms with Crippen LogP contribution < -0.4 is 5.32 Å². The van der Waals surface area contributed by atoms with Crippen molar-refractivity contribution in [2.24, 2.45) is 5.92 Å². The lowest BCUT2D eigenvalue weighted by Gasteiger charge is -2.24. The number of aromatic nitrogens is 3. The van der Waals surface area contributed by atoms with Crippen LogP contribution in [0.3, 0.4) is 0 Å². The number of carbonyl (C=O) groups excluding carboxylic acids is 1. The molecule has 0 aliphatic carbocycles. The first-order valence-corrected chi connectivity index (χ1v) is 10.4. The number of hydrogen-bond acceptors (Lipinski definition) is 4. The summed E-state index contributed by atoms with van der Waals surface area (Å²) in [6.07, 6.45) is -1.82. The van der Waals surface area contributed by atoms with Crippen molar-refractivity contribution >= 4 is 5.91 Å². The maximum Gasteiger partial charge on any atom is 0.416 e. The van der Waals surface area contributed by atoms with Crippen LogP contribution >= 0.6 is 0 Å². The number of fused-ring (bicyclic) bond motifs is 2. The predicted octanol–water partition coefficient (Wildman–Crippen LogP) is 3.93. The second kappa shape index (κ2) is 9.52. The number of carbonyl (C=O) groups is 1. The highest BCUT2D eigenvalue weighted by molar-refractivity contribution is 5.79. The van der Waals surface area contributed by atoms with Gasteiger partial charge < -0.3 is 10.1 Å². The summed E-state index contributed by atoms with van der Waals surface area (Å²) in [5.74, 6) is -0.631. The quantitative estimate of drug-likeness (QED) is 0.665. The second-order valence-corrected chi connectivity index (χ2v) is 7.84. The summed E-state index contributed by atoms with van der Waals surface area (Å²) in [4.78, 5) is 13.2. The molecular weight excluding hydrogens is 421 g/mol. The molecule has 4 rings (SSSR count). The minimum atomic E-state index is -4.39. The molecule has 2 aromatic carbocycles. The van der Waals surface area contributed by atoms with E-state index in [2.05, 4.69) is 15.6 Å². The molecule has 168 valence electrons. The molecule has 1 amide bonds. The van der Waals surface area contributed by atoms with E-state index in [9.17, 15) is 18.0 Å². The number of rotatable bonds is 3. The highest BCUT2D eigenvalue weighted by Gasteiger charge is 2.30. The van der Waals surface area contributed by atoms with Gasteiger partial charge in [-0.2, -0.15) is 13.2 Å². The molecule has 2 bridgehead atoms. The Morgan fingerprint density at radius 2 is 1.84 bits per heavy atom. The van der Waals surface area contributed by atoms with Gasteiger partial charge in [0.05, 0.1) is 31.0 Å². The van der Waals surface area contributed by atoms with Crippen LogP contribution in [0.15, 0.2) is 60.8 Å². The number of nitrogens with one attached hydrogen (secondary N) is 1. The number of nitrogens with zero attached hydrogens (tertiary/aromatic N) is 3. The molecule has 0 saturated carbocycles. The Labute approximate surface area is 183 Å². The highest BCUT2D eigenvalue weighted by atomic mass is 19.4. The first kappa shape index (κ1) is 22.0. The predicted molar refractivity (Wildman–Crippen MR) is 110 cm³/mol. The molecule has 6 nitrogen and oxygen atoms in total. The molecule has 2 heterocycles. The van der Waals surface area contributed by atoms with E-state index in [1.54, 1.807) is 10.9 Å². The van der Waals surface area contributed by atoms with E-state index in [-0.39, 0.29) is 25.2 Å². The highest BCUT2D eigenvalue weighted by Crippen LogP contribution is 2.29. The van der Waals surface area contributed by atoms with E-state index in [0.29, 0.717) is 30.6 Å². The molecule has 1 aliphatic heterocycles. The van der Waals surface area contributed by atoms with Crippen LogP contribution in [0, 0.1) is 5.92 Å². The van der Waals surface area contributed by atoms with Crippen molar-refractivity contribution < 1.29 is 22.7 Å². The van der Waals surface area contributed by atoms with Crippen molar-refractivity contribution in [2.45, 2.75) is 38.2 Å². The van der Waals surface area contributed by atoms with Crippen molar-refractivity contribution in [3.8, 4) is 0 Å². The summed E-state index contributed by atoms with van der Waals surface area (Å²) in [6, 6.07) is 14.1. The van der Waals surface area contributed by atoms with Gasteiger partial charge in [0.1, 0.15) is 5.69 Å². The number of aryl methyl sites for hydroxylation is 1. The van der Waals surface area contributed by atoms with E-state index in [0.717, 1.165) is 17.7 Å². The van der Waals surface area contributed by atoms with E-state index >= 15 is 0 Å². The summed E-state index contributed by atoms with van der Waals surface area (Å²) in [5.41, 5.74) is 1.57. The fraction of sp³-hybridized carbons (Fsp3) is 0.348. The van der Waals surface area contributed by atoms with Gasteiger partial charge in [-0.25, -0.2) is 0 Å². The van der Waals surface area contributed by atoms with Gasteiger partial charge >= 0.3 is 6.18 Å². The molecule has 0 fully saturated rings. The van der Waals surface area contributed by atoms with Gasteiger partial charge in [-0.15, -0.1) is 5.10 Å². The topological polar surface area (TPSA) is 69.0 Å². The van der Waals surface area contributed by atoms with Crippen LogP contribution in [0.25, 0.3) is 0 Å². The first-order chi connectivity index (χ1) is 15.4. The maximum atomic E-state index is 13.2. The van der Waals surface area contributed by atoms with Crippen LogP contribution in [-0.4, -0.2) is 27.5 Å². The SMILES string of the molecule is O=C1N[C@@H](c2ccccc2)COCc2cn(nn2)CC[C@H]1Cc1ccc(C(F)(F)F)cc1. The van der Waals surface area contributed by atoms with E-state index in [1.807, 2.05) is 30.3 Å². The zero-order valence-corrected chi connectivity index (χ0v) is 17.3. The molecule has 0 radical (unpaired) electrons. The summed E-state index contributed by atoms with van der Waals surface area (Å²) in [7, 11) is 0. The standard InChI is InChI=1S/C23H23F3N4O2/c24-23(25,26)19-8-6-16(7-9-19)12-18-10-11-30-13-20(28-29-30)14-32-15-21(27-22(18)31)17-4-2-1-3-5-17/h1-9,13,18,21H,10-12,14-15H2,(H,27,31)/t18-,21+/m0/s1. The number of alkyl halides is 3. The molecule has 32 heavy (non-hydrogen) atoms. The first-order valence-electron chi connectivity index (χ1n) is 10.4. The van der Waals surface area contributed by atoms with Crippen molar-refractivity contribution in [3.63, 3.8) is 0 Å². The molecule has 1 N–H and O–H groups in total. The molecule has 2 atom stereocenters. The third-order valence-electron chi connectivity index (χ3n) is 5.48. The van der Waals surface area contributed by atoms with Gasteiger partial charge in [0.2, 0.25) is 5.91 Å². The van der Waals surface area contributed by atoms with E-state index in [1.165, 1.54) is 12.1 Å². The monoisotopic (exact) mass is 444 g/mol. The van der Waals surface area contributed by atoms with E-state index in [4.69, 9.17) is 4.74 Å². The lowest BCUT2D eigenvalue weighted by molar-refractivity contribution is -0.137. The number of hydrogen-bond donors (Lipinski definition) is 1. The van der Waals surface area contributed by atoms with E-state index < -0.39 is 17.7 Å². The molecule has 0 saturated heterocycles. The summed E-state index contributed by atoms with van der Waals surface area (Å²) in [6.45, 7) is 1.01. The number of ether oxygens (including phenoxy) is 1. The van der Waals surface area contributed by atoms with Crippen molar-refractivity contribution in [1.29, 1.82) is 0 Å². The molecule has 3 aromatic rings. The zero-order chi connectivity index (χ0) is 22.6. The maximum absolute atomic E-state index is 13.2. The van der Waals surface area contributed by atoms with Crippen LogP contribution in [0.2, 0.25) is 0 Å². The summed E-state index contributed by atoms with van der Waals surface area (Å²) >= 11 is 0. The zero-order valence-electron chi connectivity index (χ0n) is 17.3. The van der Waals surface area contributed by atoms with Crippen molar-refractivity contribution in [3.05, 3.63) is 83.2 Å². The van der Waals surface area contributed by atoms with Crippen molar-refractivity contribution in [2.75, 3.05) is 6.61 Å². The smallest absolute Gasteiger partial charge is 0.373 e. The fourth-order valence-electron chi connectivity index (χ4n) is 3.72. The molecule has 9 heteroatoms. The van der Waals surface area contributed by atoms with Gasteiger partial charge in [0.25, 0.3) is 0 Å². The lowest BCUT2D eigenvalue weighted by Crippen LogP contribution is -2.37. The number of halogens is 3. The Hall–Kier alpha value is -3.20. The Bertz CT molecular complexity index is 1040. The van der Waals surface area contributed by atoms with Gasteiger partial charge in [-0.3, -0.25) is 9.48 Å². The molecule has 0 spiro atoms. The third-order valence-corrected chi connectivity index (χ3v) is 5.48. The largest absolute Gasteiger partial charge is 0.416 e. The van der Waals surface area contributed by atoms with Crippen molar-refractivity contribution in [1.82, 2.24) is 20.3 Å². The van der Waals surface area contributed by atoms with Crippen LogP contribution in [0.4, 0.5) is 13.2 Å². The Balaban J connectivity index is 1.56. The Morgan fingerprint density at radius 1 is 1.09 bits per heavy atom. The van der Waals surface area contributed by atoms with Crippen LogP contribution in [0.1, 0.15) is 34.8 Å². The number of amides is 1. The van der Waals surface area contributed by atoms with Gasteiger partial charge in [0, 0.05) is 12.5 Å². The Kier molecular flexibility index (Phi) is 6.55. The average Bonchev–Trinajstić information content (AvgIpc) is 3.23. The minimum Gasteiger partial charge on any atom is -0.373 e. The summed E-state index contributed by atoms with van der Waals surface area (Å²) < 4.78 is 46.1. The van der Waals surface area contributed by atoms with Gasteiger partial charge in [-0.1, -0.05) is 47.7 Å². The molecule has 1 aliphatic rings. The van der Waals surface area contributed by atoms with Gasteiger partial charge in [-0.05, 0) is 36.1 Å². The average molecular weight is 444 g/mol. The fourth-order valence-corrected chi connectivity index (χ4v) is 3.72. The lowest BCUT2D eigenvalue weighted by atomic mass is 9.93. The van der Waals surface area contributed by atoms with Gasteiger partial charge in [0.15, 0.2) is 0 Å². The minimum absolute atomic E-state index is 0.178. The molecule has 1 aromatic heterocycles.